The van der Waals surface area contributed by atoms with Crippen LogP contribution in [0, 0.1) is 13.8 Å². The van der Waals surface area contributed by atoms with Gasteiger partial charge in [-0.3, -0.25) is 4.79 Å². The third-order valence-corrected chi connectivity index (χ3v) is 6.17. The molecule has 2 aromatic rings. The largest absolute Gasteiger partial charge is 0.351 e. The number of benzene rings is 1. The molecule has 4 rings (SSSR count). The van der Waals surface area contributed by atoms with Gasteiger partial charge in [0.15, 0.2) is 5.17 Å². The lowest BCUT2D eigenvalue weighted by molar-refractivity contribution is -0.115. The third-order valence-electron chi connectivity index (χ3n) is 5.26. The molecule has 1 aliphatic carbocycles. The smallest absolute Gasteiger partial charge is 0.264 e. The standard InChI is InChI=1S/C22H25N3OS/c1-15-8-9-19(16(2)12-15)23-22-24-21(26)20(27-22)13-17-10-11-25(14-17)18-6-4-3-5-7-18/h8-14,18H,3-7H2,1-2H3,(H,23,24,26)/b20-13+. The summed E-state index contributed by atoms with van der Waals surface area (Å²) in [6, 6.07) is 8.84. The number of rotatable bonds is 3. The quantitative estimate of drug-likeness (QED) is 0.716. The highest BCUT2D eigenvalue weighted by Crippen LogP contribution is 2.31. The van der Waals surface area contributed by atoms with E-state index < -0.39 is 0 Å². The molecule has 2 aliphatic rings. The van der Waals surface area contributed by atoms with Crippen LogP contribution in [0.3, 0.4) is 0 Å². The number of thioether (sulfide) groups is 1. The number of aliphatic imine (C=N–C) groups is 1. The molecule has 4 nitrogen and oxygen atoms in total. The Kier molecular flexibility index (Phi) is 5.21. The van der Waals surface area contributed by atoms with Crippen LogP contribution in [0.4, 0.5) is 5.69 Å². The third kappa shape index (κ3) is 4.19. The van der Waals surface area contributed by atoms with Gasteiger partial charge < -0.3 is 9.88 Å². The van der Waals surface area contributed by atoms with Crippen molar-refractivity contribution in [1.29, 1.82) is 0 Å². The van der Waals surface area contributed by atoms with E-state index in [2.05, 4.69) is 46.3 Å². The molecule has 1 aromatic carbocycles. The molecule has 0 spiro atoms. The van der Waals surface area contributed by atoms with Crippen molar-refractivity contribution in [3.8, 4) is 0 Å². The van der Waals surface area contributed by atoms with Gasteiger partial charge in [0.1, 0.15) is 0 Å². The summed E-state index contributed by atoms with van der Waals surface area (Å²) < 4.78 is 2.31. The Bertz CT molecular complexity index is 919. The van der Waals surface area contributed by atoms with E-state index >= 15 is 0 Å². The minimum absolute atomic E-state index is 0.0751. The summed E-state index contributed by atoms with van der Waals surface area (Å²) in [5.41, 5.74) is 4.29. The van der Waals surface area contributed by atoms with Gasteiger partial charge >= 0.3 is 0 Å². The Hall–Kier alpha value is -2.27. The highest BCUT2D eigenvalue weighted by Gasteiger charge is 2.24. The van der Waals surface area contributed by atoms with Crippen molar-refractivity contribution >= 4 is 34.6 Å². The van der Waals surface area contributed by atoms with Crippen molar-refractivity contribution in [2.45, 2.75) is 52.0 Å². The predicted octanol–water partition coefficient (Wildman–Crippen LogP) is 5.50. The molecule has 0 atom stereocenters. The van der Waals surface area contributed by atoms with Crippen LogP contribution in [0.1, 0.15) is 54.8 Å². The molecule has 0 unspecified atom stereocenters. The number of carbonyl (C=O) groups excluding carboxylic acids is 1. The molecule has 1 aromatic heterocycles. The topological polar surface area (TPSA) is 46.4 Å². The molecule has 140 valence electrons. The molecule has 5 heteroatoms. The highest BCUT2D eigenvalue weighted by molar-refractivity contribution is 8.18. The van der Waals surface area contributed by atoms with Gasteiger partial charge in [-0.05, 0) is 67.8 Å². The van der Waals surface area contributed by atoms with Crippen LogP contribution in [-0.2, 0) is 4.79 Å². The van der Waals surface area contributed by atoms with Crippen LogP contribution in [0.5, 0.6) is 0 Å². The summed E-state index contributed by atoms with van der Waals surface area (Å²) in [5.74, 6) is -0.0751. The number of hydrogen-bond acceptors (Lipinski definition) is 3. The first-order valence-corrected chi connectivity index (χ1v) is 10.4. The maximum atomic E-state index is 12.3. The average molecular weight is 380 g/mol. The number of nitrogens with zero attached hydrogens (tertiary/aromatic N) is 2. The van der Waals surface area contributed by atoms with E-state index in [-0.39, 0.29) is 5.91 Å². The Morgan fingerprint density at radius 2 is 2.00 bits per heavy atom. The van der Waals surface area contributed by atoms with E-state index in [4.69, 9.17) is 0 Å². The Morgan fingerprint density at radius 3 is 2.78 bits per heavy atom. The van der Waals surface area contributed by atoms with Gasteiger partial charge in [0.05, 0.1) is 10.6 Å². The lowest BCUT2D eigenvalue weighted by Crippen LogP contribution is -2.19. The van der Waals surface area contributed by atoms with E-state index in [0.29, 0.717) is 16.1 Å². The van der Waals surface area contributed by atoms with E-state index in [1.165, 1.54) is 49.4 Å². The number of amidine groups is 1. The SMILES string of the molecule is Cc1ccc(N=C2NC(=O)/C(=C\c3ccn(C4CCCCC4)c3)S2)c(C)c1. The maximum Gasteiger partial charge on any atom is 0.264 e. The van der Waals surface area contributed by atoms with Gasteiger partial charge in [0, 0.05) is 18.4 Å². The van der Waals surface area contributed by atoms with Gasteiger partial charge in [-0.15, -0.1) is 0 Å². The first-order valence-electron chi connectivity index (χ1n) is 9.63. The molecule has 0 radical (unpaired) electrons. The normalized spacial score (nSPS) is 21.2. The fraction of sp³-hybridized carbons (Fsp3) is 0.364. The summed E-state index contributed by atoms with van der Waals surface area (Å²) in [4.78, 5) is 17.7. The molecule has 1 amide bonds. The second-order valence-electron chi connectivity index (χ2n) is 7.46. The average Bonchev–Trinajstić information content (AvgIpc) is 3.26. The molecular weight excluding hydrogens is 354 g/mol. The number of aromatic nitrogens is 1. The zero-order valence-electron chi connectivity index (χ0n) is 15.9. The highest BCUT2D eigenvalue weighted by atomic mass is 32.2. The van der Waals surface area contributed by atoms with E-state index in [1.807, 2.05) is 25.1 Å². The van der Waals surface area contributed by atoms with Crippen LogP contribution >= 0.6 is 11.8 Å². The fourth-order valence-corrected chi connectivity index (χ4v) is 4.63. The summed E-state index contributed by atoms with van der Waals surface area (Å²) in [7, 11) is 0. The van der Waals surface area contributed by atoms with E-state index in [1.54, 1.807) is 0 Å². The minimum Gasteiger partial charge on any atom is -0.351 e. The van der Waals surface area contributed by atoms with Crippen molar-refractivity contribution in [1.82, 2.24) is 9.88 Å². The van der Waals surface area contributed by atoms with E-state index in [0.717, 1.165) is 16.8 Å². The first kappa shape index (κ1) is 18.1. The van der Waals surface area contributed by atoms with Crippen molar-refractivity contribution in [2.24, 2.45) is 4.99 Å². The zero-order chi connectivity index (χ0) is 18.8. The lowest BCUT2D eigenvalue weighted by Gasteiger charge is -2.23. The van der Waals surface area contributed by atoms with Crippen molar-refractivity contribution < 1.29 is 4.79 Å². The summed E-state index contributed by atoms with van der Waals surface area (Å²) in [6.07, 6.45) is 12.8. The maximum absolute atomic E-state index is 12.3. The fourth-order valence-electron chi connectivity index (χ4n) is 3.79. The van der Waals surface area contributed by atoms with Gasteiger partial charge in [0.25, 0.3) is 5.91 Å². The monoisotopic (exact) mass is 379 g/mol. The van der Waals surface area contributed by atoms with Crippen LogP contribution in [0.15, 0.2) is 46.6 Å². The second kappa shape index (κ2) is 7.77. The van der Waals surface area contributed by atoms with Gasteiger partial charge in [-0.2, -0.15) is 0 Å². The summed E-state index contributed by atoms with van der Waals surface area (Å²) in [5, 5.41) is 3.53. The molecule has 1 aliphatic heterocycles. The van der Waals surface area contributed by atoms with Gasteiger partial charge in [-0.1, -0.05) is 37.0 Å². The molecule has 1 N–H and O–H groups in total. The van der Waals surface area contributed by atoms with Crippen molar-refractivity contribution in [3.05, 3.63) is 58.3 Å². The molecule has 0 bridgehead atoms. The molecule has 2 heterocycles. The first-order chi connectivity index (χ1) is 13.1. The van der Waals surface area contributed by atoms with Crippen LogP contribution in [0.2, 0.25) is 0 Å². The Morgan fingerprint density at radius 1 is 1.19 bits per heavy atom. The molecule has 2 fully saturated rings. The van der Waals surface area contributed by atoms with Crippen LogP contribution in [-0.4, -0.2) is 15.6 Å². The van der Waals surface area contributed by atoms with Crippen molar-refractivity contribution in [3.63, 3.8) is 0 Å². The Balaban J connectivity index is 1.50. The number of aryl methyl sites for hydroxylation is 2. The van der Waals surface area contributed by atoms with Crippen LogP contribution < -0.4 is 5.32 Å². The minimum atomic E-state index is -0.0751. The number of nitrogens with one attached hydrogen (secondary N) is 1. The number of carbonyl (C=O) groups is 1. The predicted molar refractivity (Wildman–Crippen MR) is 113 cm³/mol. The number of amides is 1. The van der Waals surface area contributed by atoms with E-state index in [9.17, 15) is 4.79 Å². The van der Waals surface area contributed by atoms with Gasteiger partial charge in [-0.25, -0.2) is 4.99 Å². The summed E-state index contributed by atoms with van der Waals surface area (Å²) in [6.45, 7) is 4.11. The Labute approximate surface area is 164 Å². The molecule has 1 saturated heterocycles. The second-order valence-corrected chi connectivity index (χ2v) is 8.49. The lowest BCUT2D eigenvalue weighted by atomic mass is 9.95. The van der Waals surface area contributed by atoms with Crippen molar-refractivity contribution in [2.75, 3.05) is 0 Å². The number of hydrogen-bond donors (Lipinski definition) is 1. The molecule has 1 saturated carbocycles. The zero-order valence-corrected chi connectivity index (χ0v) is 16.7. The molecule has 27 heavy (non-hydrogen) atoms. The summed E-state index contributed by atoms with van der Waals surface area (Å²) >= 11 is 1.41. The molecular formula is C22H25N3OS. The van der Waals surface area contributed by atoms with Gasteiger partial charge in [0.2, 0.25) is 0 Å². The van der Waals surface area contributed by atoms with Crippen LogP contribution in [0.25, 0.3) is 6.08 Å².